The summed E-state index contributed by atoms with van der Waals surface area (Å²) in [4.78, 5) is 15.3. The van der Waals surface area contributed by atoms with Gasteiger partial charge in [0, 0.05) is 13.3 Å². The molecule has 1 aliphatic rings. The van der Waals surface area contributed by atoms with Crippen LogP contribution in [0.1, 0.15) is 6.04 Å². The van der Waals surface area contributed by atoms with Crippen LogP contribution >= 0.6 is 0 Å². The summed E-state index contributed by atoms with van der Waals surface area (Å²) in [6, 6.07) is 0.110. The predicted molar refractivity (Wildman–Crippen MR) is 66.8 cm³/mol. The third-order valence-electron chi connectivity index (χ3n) is 3.52. The van der Waals surface area contributed by atoms with E-state index in [4.69, 9.17) is 10.5 Å². The Morgan fingerprint density at radius 3 is 2.40 bits per heavy atom. The second-order valence-electron chi connectivity index (χ2n) is 4.70. The Bertz CT molecular complexity index is 535. The molecule has 9 nitrogen and oxygen atoms in total. The van der Waals surface area contributed by atoms with Crippen molar-refractivity contribution in [2.24, 2.45) is 0 Å². The van der Waals surface area contributed by atoms with Gasteiger partial charge in [-0.1, -0.05) is 0 Å². The van der Waals surface area contributed by atoms with Gasteiger partial charge in [0.25, 0.3) is 0 Å². The summed E-state index contributed by atoms with van der Waals surface area (Å²) >= 11 is 0. The van der Waals surface area contributed by atoms with Crippen molar-refractivity contribution in [2.75, 3.05) is 12.8 Å². The molecule has 20 heavy (non-hydrogen) atoms. The molecule has 2 rings (SSSR count). The Labute approximate surface area is 113 Å². The van der Waals surface area contributed by atoms with Gasteiger partial charge in [0.15, 0.2) is 0 Å². The minimum Gasteiger partial charge on any atom is -0.388 e. The van der Waals surface area contributed by atoms with Crippen molar-refractivity contribution >= 4 is 5.82 Å². The van der Waals surface area contributed by atoms with Gasteiger partial charge < -0.3 is 30.9 Å². The molecule has 112 valence electrons. The largest absolute Gasteiger partial charge is 0.388 e. The van der Waals surface area contributed by atoms with Gasteiger partial charge in [0.05, 0.1) is 6.04 Å². The Balaban J connectivity index is 2.45. The fraction of sp³-hybridized carbons (Fsp3) is 0.636. The maximum absolute atomic E-state index is 11.8. The number of rotatable bonds is 2. The number of nitrogens with zero attached hydrogens (tertiary/aromatic N) is 2. The second kappa shape index (κ2) is 5.46. The lowest BCUT2D eigenvalue weighted by Gasteiger charge is -2.43. The number of ether oxygens (including phenoxy) is 1. The molecular weight excluding hydrogens is 270 g/mol. The fourth-order valence-corrected chi connectivity index (χ4v) is 2.46. The number of aliphatic hydroxyl groups excluding tert-OH is 4. The van der Waals surface area contributed by atoms with Gasteiger partial charge in [-0.05, 0) is 6.07 Å². The first-order valence-corrected chi connectivity index (χ1v) is 5.98. The van der Waals surface area contributed by atoms with E-state index in [0.717, 1.165) is 4.57 Å². The van der Waals surface area contributed by atoms with E-state index in [1.807, 2.05) is 0 Å². The van der Waals surface area contributed by atoms with E-state index in [1.165, 1.54) is 19.4 Å². The van der Waals surface area contributed by atoms with Gasteiger partial charge in [0.2, 0.25) is 0 Å². The monoisotopic (exact) mass is 287 g/mol. The lowest BCUT2D eigenvalue weighted by Crippen LogP contribution is -2.62. The molecule has 6 atom stereocenters. The Morgan fingerprint density at radius 2 is 1.85 bits per heavy atom. The molecule has 0 unspecified atom stereocenters. The average molecular weight is 287 g/mol. The highest BCUT2D eigenvalue weighted by Gasteiger charge is 2.50. The summed E-state index contributed by atoms with van der Waals surface area (Å²) in [6.45, 7) is 0. The third kappa shape index (κ3) is 2.30. The molecule has 0 bridgehead atoms. The predicted octanol–water partition coefficient (Wildman–Crippen LogP) is -3.16. The first kappa shape index (κ1) is 14.9. The number of hydrogen-bond donors (Lipinski definition) is 5. The molecule has 0 aromatic carbocycles. The quantitative estimate of drug-likeness (QED) is 0.382. The van der Waals surface area contributed by atoms with E-state index in [-0.39, 0.29) is 5.82 Å². The molecule has 1 fully saturated rings. The van der Waals surface area contributed by atoms with E-state index in [1.54, 1.807) is 0 Å². The average Bonchev–Trinajstić information content (AvgIpc) is 2.39. The number of nitrogens with two attached hydrogens (primary N) is 1. The molecule has 0 aliphatic heterocycles. The topological polar surface area (TPSA) is 151 Å². The molecule has 1 saturated carbocycles. The van der Waals surface area contributed by atoms with Crippen LogP contribution in [0.15, 0.2) is 17.1 Å². The molecule has 1 aromatic heterocycles. The van der Waals surface area contributed by atoms with E-state index >= 15 is 0 Å². The SMILES string of the molecule is CO[C@H]1[C@@H](O)[C@H](n2ccc(N)nc2=O)[C@@H](O)[C@H](O)[C@@H]1O. The second-order valence-corrected chi connectivity index (χ2v) is 4.70. The van der Waals surface area contributed by atoms with Crippen LogP contribution in [-0.4, -0.2) is 67.6 Å². The first-order chi connectivity index (χ1) is 9.38. The zero-order chi connectivity index (χ0) is 15.0. The van der Waals surface area contributed by atoms with Crippen molar-refractivity contribution in [2.45, 2.75) is 36.6 Å². The first-order valence-electron chi connectivity index (χ1n) is 5.98. The number of aromatic nitrogens is 2. The number of nitrogen functional groups attached to an aromatic ring is 1. The van der Waals surface area contributed by atoms with E-state index in [0.29, 0.717) is 0 Å². The van der Waals surface area contributed by atoms with Gasteiger partial charge in [-0.2, -0.15) is 4.98 Å². The van der Waals surface area contributed by atoms with Crippen molar-refractivity contribution < 1.29 is 25.2 Å². The summed E-state index contributed by atoms with van der Waals surface area (Å²) in [7, 11) is 1.24. The van der Waals surface area contributed by atoms with Crippen LogP contribution in [-0.2, 0) is 4.74 Å². The number of methoxy groups -OCH3 is 1. The van der Waals surface area contributed by atoms with Crippen molar-refractivity contribution in [3.05, 3.63) is 22.7 Å². The van der Waals surface area contributed by atoms with Gasteiger partial charge in [-0.15, -0.1) is 0 Å². The molecule has 0 spiro atoms. The van der Waals surface area contributed by atoms with E-state index in [2.05, 4.69) is 4.98 Å². The summed E-state index contributed by atoms with van der Waals surface area (Å²) in [6.07, 6.45) is -5.91. The summed E-state index contributed by atoms with van der Waals surface area (Å²) in [5, 5.41) is 39.7. The zero-order valence-electron chi connectivity index (χ0n) is 10.7. The normalized spacial score (nSPS) is 37.9. The van der Waals surface area contributed by atoms with E-state index < -0.39 is 42.3 Å². The van der Waals surface area contributed by atoms with Gasteiger partial charge in [-0.3, -0.25) is 4.57 Å². The van der Waals surface area contributed by atoms with Crippen molar-refractivity contribution in [3.63, 3.8) is 0 Å². The van der Waals surface area contributed by atoms with Crippen LogP contribution < -0.4 is 11.4 Å². The number of aliphatic hydroxyl groups is 4. The maximum atomic E-state index is 11.8. The summed E-state index contributed by atoms with van der Waals surface area (Å²) in [5.41, 5.74) is 4.58. The molecule has 0 saturated heterocycles. The lowest BCUT2D eigenvalue weighted by molar-refractivity contribution is -0.207. The lowest BCUT2D eigenvalue weighted by atomic mass is 9.83. The van der Waals surface area contributed by atoms with Crippen LogP contribution in [0.5, 0.6) is 0 Å². The molecule has 0 radical (unpaired) electrons. The highest BCUT2D eigenvalue weighted by atomic mass is 16.5. The van der Waals surface area contributed by atoms with Crippen molar-refractivity contribution in [1.29, 1.82) is 0 Å². The highest BCUT2D eigenvalue weighted by molar-refractivity contribution is 5.24. The van der Waals surface area contributed by atoms with E-state index in [9.17, 15) is 25.2 Å². The molecular formula is C11H17N3O6. The maximum Gasteiger partial charge on any atom is 0.349 e. The third-order valence-corrected chi connectivity index (χ3v) is 3.52. The smallest absolute Gasteiger partial charge is 0.349 e. The van der Waals surface area contributed by atoms with Gasteiger partial charge >= 0.3 is 5.69 Å². The minimum absolute atomic E-state index is 0.00471. The highest BCUT2D eigenvalue weighted by Crippen LogP contribution is 2.30. The van der Waals surface area contributed by atoms with Gasteiger partial charge in [-0.25, -0.2) is 4.79 Å². The summed E-state index contributed by atoms with van der Waals surface area (Å²) in [5.74, 6) is -0.00471. The molecule has 6 N–H and O–H groups in total. The molecule has 1 aromatic rings. The summed E-state index contributed by atoms with van der Waals surface area (Å²) < 4.78 is 5.87. The molecule has 9 heteroatoms. The molecule has 0 amide bonds. The van der Waals surface area contributed by atoms with Crippen LogP contribution in [0.25, 0.3) is 0 Å². The van der Waals surface area contributed by atoms with Crippen LogP contribution in [0.2, 0.25) is 0 Å². The zero-order valence-corrected chi connectivity index (χ0v) is 10.7. The van der Waals surface area contributed by atoms with Gasteiger partial charge in [0.1, 0.15) is 36.3 Å². The number of anilines is 1. The molecule has 1 aliphatic carbocycles. The van der Waals surface area contributed by atoms with Crippen LogP contribution in [0.3, 0.4) is 0 Å². The molecule has 1 heterocycles. The minimum atomic E-state index is -1.57. The Kier molecular flexibility index (Phi) is 4.06. The fourth-order valence-electron chi connectivity index (χ4n) is 2.46. The Hall–Kier alpha value is -1.52. The van der Waals surface area contributed by atoms with Crippen molar-refractivity contribution in [3.8, 4) is 0 Å². The Morgan fingerprint density at radius 1 is 1.20 bits per heavy atom. The van der Waals surface area contributed by atoms with Crippen LogP contribution in [0.4, 0.5) is 5.82 Å². The number of hydrogen-bond acceptors (Lipinski definition) is 8. The van der Waals surface area contributed by atoms with Crippen LogP contribution in [0, 0.1) is 0 Å². The standard InChI is InChI=1S/C11H17N3O6/c1-20-10-7(16)5(6(15)8(17)9(10)18)14-3-2-4(12)13-11(14)19/h2-3,5-10,15-18H,1H3,(H2,12,13,19)/t5-,6-,7+,8+,9+,10+/m1/s1. The van der Waals surface area contributed by atoms with Crippen molar-refractivity contribution in [1.82, 2.24) is 9.55 Å².